The van der Waals surface area contributed by atoms with Crippen LogP contribution in [0.5, 0.6) is 0 Å². The number of hydrogen-bond acceptors (Lipinski definition) is 1. The highest BCUT2D eigenvalue weighted by Gasteiger charge is 2.37. The average molecular weight is 220 g/mol. The third kappa shape index (κ3) is 3.38. The van der Waals surface area contributed by atoms with Crippen molar-refractivity contribution in [2.24, 2.45) is 0 Å². The Labute approximate surface area is 87.6 Å². The van der Waals surface area contributed by atoms with Crippen molar-refractivity contribution >= 4 is 0 Å². The Morgan fingerprint density at radius 2 is 2.00 bits per heavy atom. The normalized spacial score (nSPS) is 27.0. The van der Waals surface area contributed by atoms with Gasteiger partial charge in [0.2, 0.25) is 0 Å². The lowest BCUT2D eigenvalue weighted by Gasteiger charge is -2.31. The highest BCUT2D eigenvalue weighted by Crippen LogP contribution is 2.34. The predicted molar refractivity (Wildman–Crippen MR) is 52.5 cm³/mol. The molecule has 0 spiro atoms. The number of rotatable bonds is 2. The number of allylic oxidation sites excluding steroid dienone is 2. The quantitative estimate of drug-likeness (QED) is 0.690. The van der Waals surface area contributed by atoms with Gasteiger partial charge in [-0.05, 0) is 33.3 Å². The van der Waals surface area contributed by atoms with Crippen molar-refractivity contribution in [3.8, 4) is 0 Å². The highest BCUT2D eigenvalue weighted by atomic mass is 19.4. The maximum atomic E-state index is 12.4. The summed E-state index contributed by atoms with van der Waals surface area (Å²) < 4.78 is 42.8. The summed E-state index contributed by atoms with van der Waals surface area (Å²) in [6, 6.07) is 0. The molecule has 0 saturated carbocycles. The van der Waals surface area contributed by atoms with Crippen LogP contribution >= 0.6 is 0 Å². The van der Waals surface area contributed by atoms with Gasteiger partial charge < -0.3 is 4.74 Å². The van der Waals surface area contributed by atoms with Crippen LogP contribution < -0.4 is 0 Å². The summed E-state index contributed by atoms with van der Waals surface area (Å²) >= 11 is 0. The van der Waals surface area contributed by atoms with Gasteiger partial charge in [-0.2, -0.15) is 13.2 Å². The first-order valence-electron chi connectivity index (χ1n) is 4.87. The Hall–Kier alpha value is -0.770. The zero-order chi connectivity index (χ0) is 11.7. The average Bonchev–Trinajstić information content (AvgIpc) is 1.99. The van der Waals surface area contributed by atoms with Gasteiger partial charge in [0, 0.05) is 0 Å². The molecule has 0 aromatic heterocycles. The molecule has 0 saturated heterocycles. The molecular formula is C11H15F3O. The first kappa shape index (κ1) is 12.3. The van der Waals surface area contributed by atoms with Gasteiger partial charge in [-0.3, -0.25) is 0 Å². The fraction of sp³-hybridized carbons (Fsp3) is 0.636. The Morgan fingerprint density at radius 1 is 1.40 bits per heavy atom. The minimum absolute atomic E-state index is 0.0905. The summed E-state index contributed by atoms with van der Waals surface area (Å²) in [5.41, 5.74) is -1.47. The molecule has 15 heavy (non-hydrogen) atoms. The molecule has 0 N–H and O–H groups in total. The summed E-state index contributed by atoms with van der Waals surface area (Å²) in [6.07, 6.45) is -0.139. The van der Waals surface area contributed by atoms with Gasteiger partial charge in [0.25, 0.3) is 0 Å². The molecule has 0 bridgehead atoms. The van der Waals surface area contributed by atoms with E-state index in [-0.39, 0.29) is 6.10 Å². The molecular weight excluding hydrogens is 205 g/mol. The second-order valence-electron chi connectivity index (χ2n) is 4.18. The fourth-order valence-corrected chi connectivity index (χ4v) is 1.65. The smallest absolute Gasteiger partial charge is 0.368 e. The molecule has 1 atom stereocenters. The fourth-order valence-electron chi connectivity index (χ4n) is 1.65. The summed E-state index contributed by atoms with van der Waals surface area (Å²) in [5, 5.41) is 0. The zero-order valence-corrected chi connectivity index (χ0v) is 9.06. The molecule has 4 heteroatoms. The molecule has 0 aromatic carbocycles. The van der Waals surface area contributed by atoms with Crippen LogP contribution in [0.25, 0.3) is 0 Å². The van der Waals surface area contributed by atoms with E-state index >= 15 is 0 Å². The van der Waals surface area contributed by atoms with Crippen molar-refractivity contribution in [1.29, 1.82) is 0 Å². The van der Waals surface area contributed by atoms with E-state index in [0.29, 0.717) is 6.42 Å². The molecule has 1 aliphatic rings. The van der Waals surface area contributed by atoms with Crippen LogP contribution in [0.1, 0.15) is 27.2 Å². The van der Waals surface area contributed by atoms with Crippen molar-refractivity contribution in [3.63, 3.8) is 0 Å². The second-order valence-corrected chi connectivity index (χ2v) is 4.18. The van der Waals surface area contributed by atoms with E-state index in [2.05, 4.69) is 0 Å². The first-order valence-corrected chi connectivity index (χ1v) is 4.87. The number of ether oxygens (including phenoxy) is 1. The van der Waals surface area contributed by atoms with E-state index < -0.39 is 17.4 Å². The minimum atomic E-state index is -4.29. The largest absolute Gasteiger partial charge is 0.416 e. The molecule has 0 radical (unpaired) electrons. The Bertz CT molecular complexity index is 289. The Morgan fingerprint density at radius 3 is 2.47 bits per heavy atom. The van der Waals surface area contributed by atoms with Gasteiger partial charge in [-0.1, -0.05) is 12.2 Å². The molecule has 86 valence electrons. The topological polar surface area (TPSA) is 9.23 Å². The van der Waals surface area contributed by atoms with E-state index in [1.807, 2.05) is 13.8 Å². The molecule has 1 aliphatic carbocycles. The van der Waals surface area contributed by atoms with Crippen molar-refractivity contribution in [1.82, 2.24) is 0 Å². The number of hydrogen-bond donors (Lipinski definition) is 0. The summed E-state index contributed by atoms with van der Waals surface area (Å²) in [5.74, 6) is 0. The number of alkyl halides is 3. The Kier molecular flexibility index (Phi) is 3.28. The lowest BCUT2D eigenvalue weighted by molar-refractivity contribution is -0.0936. The molecule has 0 fully saturated rings. The summed E-state index contributed by atoms with van der Waals surface area (Å²) in [6.45, 7) is 5.29. The highest BCUT2D eigenvalue weighted by molar-refractivity contribution is 5.31. The lowest BCUT2D eigenvalue weighted by atomic mass is 9.92. The van der Waals surface area contributed by atoms with E-state index in [1.54, 1.807) is 6.92 Å². The summed E-state index contributed by atoms with van der Waals surface area (Å²) in [4.78, 5) is 0. The van der Waals surface area contributed by atoms with Crippen LogP contribution in [0.2, 0.25) is 0 Å². The minimum Gasteiger partial charge on any atom is -0.368 e. The van der Waals surface area contributed by atoms with Gasteiger partial charge in [-0.25, -0.2) is 0 Å². The first-order chi connectivity index (χ1) is 6.73. The van der Waals surface area contributed by atoms with Crippen LogP contribution in [-0.4, -0.2) is 17.9 Å². The maximum absolute atomic E-state index is 12.4. The van der Waals surface area contributed by atoms with Crippen LogP contribution in [0, 0.1) is 0 Å². The van der Waals surface area contributed by atoms with Crippen LogP contribution in [0.4, 0.5) is 13.2 Å². The zero-order valence-electron chi connectivity index (χ0n) is 9.06. The molecule has 1 rings (SSSR count). The van der Waals surface area contributed by atoms with Gasteiger partial charge >= 0.3 is 6.18 Å². The third-order valence-corrected chi connectivity index (χ3v) is 2.11. The third-order valence-electron chi connectivity index (χ3n) is 2.11. The van der Waals surface area contributed by atoms with Gasteiger partial charge in [0.15, 0.2) is 0 Å². The van der Waals surface area contributed by atoms with Crippen molar-refractivity contribution in [3.05, 3.63) is 23.8 Å². The van der Waals surface area contributed by atoms with E-state index in [1.165, 1.54) is 6.08 Å². The van der Waals surface area contributed by atoms with Crippen molar-refractivity contribution in [2.75, 3.05) is 0 Å². The molecule has 0 amide bonds. The van der Waals surface area contributed by atoms with E-state index in [9.17, 15) is 13.2 Å². The molecule has 0 aliphatic heterocycles. The molecule has 1 nitrogen and oxygen atoms in total. The number of halogens is 3. The molecule has 1 unspecified atom stereocenters. The van der Waals surface area contributed by atoms with Crippen LogP contribution in [-0.2, 0) is 4.74 Å². The van der Waals surface area contributed by atoms with Crippen LogP contribution in [0.3, 0.4) is 0 Å². The predicted octanol–water partition coefficient (Wildman–Crippen LogP) is 3.62. The summed E-state index contributed by atoms with van der Waals surface area (Å²) in [7, 11) is 0. The second kappa shape index (κ2) is 4.00. The molecule has 0 aromatic rings. The lowest BCUT2D eigenvalue weighted by Crippen LogP contribution is -2.32. The van der Waals surface area contributed by atoms with Gasteiger partial charge in [-0.15, -0.1) is 0 Å². The van der Waals surface area contributed by atoms with Crippen LogP contribution in [0.15, 0.2) is 23.8 Å². The Balaban J connectivity index is 2.88. The van der Waals surface area contributed by atoms with Crippen molar-refractivity contribution < 1.29 is 17.9 Å². The van der Waals surface area contributed by atoms with Crippen molar-refractivity contribution in [2.45, 2.75) is 45.1 Å². The van der Waals surface area contributed by atoms with E-state index in [0.717, 1.165) is 12.2 Å². The molecule has 0 heterocycles. The SMILES string of the molecule is CC(C)OC1(C)C=C(C(F)(F)F)C=CC1. The standard InChI is InChI=1S/C11H15F3O/c1-8(2)15-10(3)6-4-5-9(7-10)11(12,13)14/h4-5,7-8H,6H2,1-3H3. The monoisotopic (exact) mass is 220 g/mol. The van der Waals surface area contributed by atoms with E-state index in [4.69, 9.17) is 4.74 Å². The van der Waals surface area contributed by atoms with Gasteiger partial charge in [0.1, 0.15) is 0 Å². The van der Waals surface area contributed by atoms with Gasteiger partial charge in [0.05, 0.1) is 17.3 Å². The maximum Gasteiger partial charge on any atom is 0.416 e.